The van der Waals surface area contributed by atoms with E-state index >= 15 is 0 Å². The lowest BCUT2D eigenvalue weighted by atomic mass is 10.2. The highest BCUT2D eigenvalue weighted by molar-refractivity contribution is 9.10. The lowest BCUT2D eigenvalue weighted by molar-refractivity contribution is 0.0450. The third-order valence-corrected chi connectivity index (χ3v) is 4.93. The third-order valence-electron chi connectivity index (χ3n) is 3.03. The van der Waals surface area contributed by atoms with Gasteiger partial charge < -0.3 is 9.47 Å². The van der Waals surface area contributed by atoms with Crippen molar-refractivity contribution in [3.05, 3.63) is 58.6 Å². The number of rotatable bonds is 7. The molecule has 2 aromatic carbocycles. The van der Waals surface area contributed by atoms with Gasteiger partial charge in [-0.05, 0) is 42.5 Å². The number of alkyl halides is 2. The summed E-state index contributed by atoms with van der Waals surface area (Å²) in [4.78, 5) is 11.3. The summed E-state index contributed by atoms with van der Waals surface area (Å²) >= 11 is 3.30. The highest BCUT2D eigenvalue weighted by Crippen LogP contribution is 2.19. The van der Waals surface area contributed by atoms with E-state index in [4.69, 9.17) is 9.47 Å². The van der Waals surface area contributed by atoms with Crippen LogP contribution >= 0.6 is 15.9 Å². The van der Waals surface area contributed by atoms with Gasteiger partial charge in [0.05, 0.1) is 10.5 Å². The molecule has 0 aliphatic heterocycles. The average Bonchev–Trinajstić information content (AvgIpc) is 2.58. The van der Waals surface area contributed by atoms with E-state index in [0.29, 0.717) is 5.75 Å². The second-order valence-corrected chi connectivity index (χ2v) is 7.61. The van der Waals surface area contributed by atoms with E-state index in [0.717, 1.165) is 28.7 Å². The fraction of sp³-hybridized carbons (Fsp3) is 0.188. The Balaban J connectivity index is 1.87. The number of benzene rings is 2. The number of carbonyl (C=O) groups is 1. The highest BCUT2D eigenvalue weighted by Gasteiger charge is 2.26. The van der Waals surface area contributed by atoms with Crippen molar-refractivity contribution in [3.63, 3.8) is 0 Å². The molecule has 5 nitrogen and oxygen atoms in total. The minimum Gasteiger partial charge on any atom is -0.490 e. The summed E-state index contributed by atoms with van der Waals surface area (Å²) in [6, 6.07) is 11.2. The zero-order valence-corrected chi connectivity index (χ0v) is 15.1. The van der Waals surface area contributed by atoms with E-state index in [9.17, 15) is 22.0 Å². The summed E-state index contributed by atoms with van der Waals surface area (Å²) in [5.74, 6) is -3.62. The van der Waals surface area contributed by atoms with Crippen molar-refractivity contribution in [1.29, 1.82) is 0 Å². The molecule has 0 aliphatic rings. The molecule has 0 saturated carbocycles. The number of ether oxygens (including phenoxy) is 2. The zero-order valence-electron chi connectivity index (χ0n) is 12.7. The molecule has 25 heavy (non-hydrogen) atoms. The predicted molar refractivity (Wildman–Crippen MR) is 89.6 cm³/mol. The molecule has 0 N–H and O–H groups in total. The van der Waals surface area contributed by atoms with E-state index in [-0.39, 0.29) is 18.8 Å². The van der Waals surface area contributed by atoms with Gasteiger partial charge in [0.2, 0.25) is 9.84 Å². The Morgan fingerprint density at radius 3 is 2.36 bits per heavy atom. The van der Waals surface area contributed by atoms with Gasteiger partial charge in [0.25, 0.3) is 0 Å². The van der Waals surface area contributed by atoms with Crippen LogP contribution < -0.4 is 4.74 Å². The van der Waals surface area contributed by atoms with Gasteiger partial charge in [0, 0.05) is 4.47 Å². The largest absolute Gasteiger partial charge is 0.490 e. The maximum atomic E-state index is 12.4. The number of sulfone groups is 1. The van der Waals surface area contributed by atoms with Crippen molar-refractivity contribution in [2.24, 2.45) is 0 Å². The first-order valence-corrected chi connectivity index (χ1v) is 9.32. The molecular formula is C16H13BrF2O5S. The Morgan fingerprint density at radius 2 is 1.76 bits per heavy atom. The molecule has 0 aliphatic carbocycles. The van der Waals surface area contributed by atoms with Crippen LogP contribution in [0.5, 0.6) is 5.75 Å². The topological polar surface area (TPSA) is 69.7 Å². The van der Waals surface area contributed by atoms with Crippen LogP contribution in [0.3, 0.4) is 0 Å². The highest BCUT2D eigenvalue weighted by atomic mass is 79.9. The fourth-order valence-electron chi connectivity index (χ4n) is 1.82. The second-order valence-electron chi connectivity index (χ2n) is 4.77. The number of esters is 1. The normalized spacial score (nSPS) is 11.4. The molecule has 0 heterocycles. The first kappa shape index (κ1) is 19.3. The smallest absolute Gasteiger partial charge is 0.341 e. The first-order chi connectivity index (χ1) is 11.8. The molecule has 0 aromatic heterocycles. The number of hydrogen-bond donors (Lipinski definition) is 0. The van der Waals surface area contributed by atoms with Crippen LogP contribution in [0.1, 0.15) is 10.4 Å². The fourth-order valence-corrected chi connectivity index (χ4v) is 2.92. The van der Waals surface area contributed by atoms with Crippen molar-refractivity contribution in [1.82, 2.24) is 0 Å². The molecule has 0 atom stereocenters. The van der Waals surface area contributed by atoms with Gasteiger partial charge in [0.15, 0.2) is 0 Å². The molecule has 0 unspecified atom stereocenters. The van der Waals surface area contributed by atoms with Crippen LogP contribution in [0.4, 0.5) is 8.78 Å². The molecule has 2 rings (SSSR count). The van der Waals surface area contributed by atoms with E-state index in [1.165, 1.54) is 0 Å². The van der Waals surface area contributed by atoms with Crippen LogP contribution in [0, 0.1) is 0 Å². The summed E-state index contributed by atoms with van der Waals surface area (Å²) in [5.41, 5.74) is 0.0515. The van der Waals surface area contributed by atoms with Gasteiger partial charge in [0.1, 0.15) is 19.0 Å². The van der Waals surface area contributed by atoms with Crippen LogP contribution in [-0.2, 0) is 14.6 Å². The van der Waals surface area contributed by atoms with Gasteiger partial charge >= 0.3 is 11.7 Å². The molecule has 9 heteroatoms. The Kier molecular flexibility index (Phi) is 6.49. The average molecular weight is 435 g/mol. The Morgan fingerprint density at radius 1 is 1.08 bits per heavy atom. The predicted octanol–water partition coefficient (Wildman–Crippen LogP) is 3.68. The molecule has 0 bridgehead atoms. The van der Waals surface area contributed by atoms with Crippen LogP contribution in [0.15, 0.2) is 57.9 Å². The van der Waals surface area contributed by atoms with Crippen molar-refractivity contribution in [3.8, 4) is 5.75 Å². The van der Waals surface area contributed by atoms with Crippen molar-refractivity contribution in [2.75, 3.05) is 13.2 Å². The number of halogens is 3. The third kappa shape index (κ3) is 5.23. The second kappa shape index (κ2) is 8.39. The summed E-state index contributed by atoms with van der Waals surface area (Å²) in [6.45, 7) is 0.0997. The van der Waals surface area contributed by atoms with Crippen LogP contribution in [0.2, 0.25) is 0 Å². The molecule has 0 amide bonds. The van der Waals surface area contributed by atoms with Gasteiger partial charge in [-0.15, -0.1) is 0 Å². The van der Waals surface area contributed by atoms with Crippen LogP contribution in [0.25, 0.3) is 0 Å². The molecule has 0 radical (unpaired) electrons. The molecule has 0 fully saturated rings. The van der Waals surface area contributed by atoms with Crippen LogP contribution in [-0.4, -0.2) is 33.4 Å². The monoisotopic (exact) mass is 434 g/mol. The summed E-state index contributed by atoms with van der Waals surface area (Å²) in [7, 11) is -4.68. The minimum absolute atomic E-state index is 0.0254. The van der Waals surface area contributed by atoms with E-state index in [2.05, 4.69) is 15.9 Å². The molecule has 2 aromatic rings. The zero-order chi connectivity index (χ0) is 18.4. The quantitative estimate of drug-likeness (QED) is 0.490. The van der Waals surface area contributed by atoms with Crippen molar-refractivity contribution < 1.29 is 31.5 Å². The summed E-state index contributed by atoms with van der Waals surface area (Å²) < 4.78 is 58.7. The minimum atomic E-state index is -4.68. The Bertz CT molecular complexity index is 838. The number of carbonyl (C=O) groups excluding carboxylic acids is 1. The van der Waals surface area contributed by atoms with Gasteiger partial charge in [-0.1, -0.05) is 22.0 Å². The maximum Gasteiger partial charge on any atom is 0.341 e. The lowest BCUT2D eigenvalue weighted by Gasteiger charge is -2.08. The molecule has 134 valence electrons. The van der Waals surface area contributed by atoms with Gasteiger partial charge in [-0.2, -0.15) is 8.78 Å². The number of hydrogen-bond acceptors (Lipinski definition) is 5. The SMILES string of the molecule is O=C(OCCOc1cccc(Br)c1)c1ccc(S(=O)(=O)C(F)F)cc1. The van der Waals surface area contributed by atoms with Gasteiger partial charge in [-0.25, -0.2) is 13.2 Å². The van der Waals surface area contributed by atoms with Crippen molar-refractivity contribution >= 4 is 31.7 Å². The van der Waals surface area contributed by atoms with Gasteiger partial charge in [-0.3, -0.25) is 0 Å². The molecule has 0 saturated heterocycles. The molecule has 0 spiro atoms. The van der Waals surface area contributed by atoms with Crippen molar-refractivity contribution in [2.45, 2.75) is 10.7 Å². The van der Waals surface area contributed by atoms with E-state index < -0.39 is 26.5 Å². The van der Waals surface area contributed by atoms with E-state index in [1.807, 2.05) is 6.07 Å². The van der Waals surface area contributed by atoms with E-state index in [1.54, 1.807) is 18.2 Å². The molecular weight excluding hydrogens is 422 g/mol. The lowest BCUT2D eigenvalue weighted by Crippen LogP contribution is -2.14. The summed E-state index contributed by atoms with van der Waals surface area (Å²) in [5, 5.41) is 0. The maximum absolute atomic E-state index is 12.4. The Hall–Kier alpha value is -2.00. The Labute approximate surface area is 151 Å². The summed E-state index contributed by atoms with van der Waals surface area (Å²) in [6.07, 6.45) is 0. The standard InChI is InChI=1S/C16H13BrF2O5S/c17-12-2-1-3-13(10-12)23-8-9-24-15(20)11-4-6-14(7-5-11)25(21,22)16(18)19/h1-7,10,16H,8-9H2. The first-order valence-electron chi connectivity index (χ1n) is 6.98.